The highest BCUT2D eigenvalue weighted by Crippen LogP contribution is 1.83. The summed E-state index contributed by atoms with van der Waals surface area (Å²) in [5.74, 6) is -0.801. The maximum absolute atomic E-state index is 11.2. The third kappa shape index (κ3) is 4.05. The molecule has 0 unspecified atom stereocenters. The van der Waals surface area contributed by atoms with E-state index in [-0.39, 0.29) is 6.61 Å². The SMILES string of the molecule is O=C(CF)OCCBr. The van der Waals surface area contributed by atoms with E-state index >= 15 is 0 Å². The number of carbonyl (C=O) groups excluding carboxylic acids is 1. The molecule has 0 aromatic carbocycles. The fourth-order valence-electron chi connectivity index (χ4n) is 0.191. The number of esters is 1. The van der Waals surface area contributed by atoms with Crippen molar-refractivity contribution in [1.29, 1.82) is 0 Å². The van der Waals surface area contributed by atoms with E-state index in [1.165, 1.54) is 0 Å². The molecule has 0 atom stereocenters. The van der Waals surface area contributed by atoms with Gasteiger partial charge < -0.3 is 4.74 Å². The highest BCUT2D eigenvalue weighted by Gasteiger charge is 1.96. The van der Waals surface area contributed by atoms with Gasteiger partial charge in [0, 0.05) is 5.33 Å². The lowest BCUT2D eigenvalue weighted by Crippen LogP contribution is -2.07. The predicted octanol–water partition coefficient (Wildman–Crippen LogP) is 0.894. The molecule has 0 saturated heterocycles. The molecule has 0 aliphatic heterocycles. The first-order chi connectivity index (χ1) is 3.81. The molecule has 0 heterocycles. The molecule has 0 fully saturated rings. The zero-order valence-electron chi connectivity index (χ0n) is 4.19. The third-order valence-corrected chi connectivity index (χ3v) is 0.773. The van der Waals surface area contributed by atoms with E-state index in [2.05, 4.69) is 20.7 Å². The number of hydrogen-bond donors (Lipinski definition) is 0. The maximum Gasteiger partial charge on any atom is 0.337 e. The number of hydrogen-bond acceptors (Lipinski definition) is 2. The molecule has 0 radical (unpaired) electrons. The van der Waals surface area contributed by atoms with Gasteiger partial charge in [-0.05, 0) is 0 Å². The first-order valence-electron chi connectivity index (χ1n) is 2.08. The fraction of sp³-hybridized carbons (Fsp3) is 0.750. The van der Waals surface area contributed by atoms with Gasteiger partial charge in [0.1, 0.15) is 6.61 Å². The van der Waals surface area contributed by atoms with E-state index < -0.39 is 12.6 Å². The van der Waals surface area contributed by atoms with E-state index in [4.69, 9.17) is 0 Å². The van der Waals surface area contributed by atoms with E-state index in [9.17, 15) is 9.18 Å². The van der Waals surface area contributed by atoms with Gasteiger partial charge in [0.15, 0.2) is 6.67 Å². The maximum atomic E-state index is 11.2. The van der Waals surface area contributed by atoms with E-state index in [0.717, 1.165) is 0 Å². The molecule has 2 nitrogen and oxygen atoms in total. The smallest absolute Gasteiger partial charge is 0.337 e. The molecule has 0 bridgehead atoms. The van der Waals surface area contributed by atoms with Gasteiger partial charge in [-0.15, -0.1) is 0 Å². The zero-order chi connectivity index (χ0) is 6.41. The van der Waals surface area contributed by atoms with Gasteiger partial charge in [-0.1, -0.05) is 15.9 Å². The van der Waals surface area contributed by atoms with Crippen LogP contribution in [0.4, 0.5) is 4.39 Å². The van der Waals surface area contributed by atoms with Crippen LogP contribution in [0.25, 0.3) is 0 Å². The van der Waals surface area contributed by atoms with E-state index in [1.54, 1.807) is 0 Å². The number of halogens is 2. The largest absolute Gasteiger partial charge is 0.463 e. The van der Waals surface area contributed by atoms with E-state index in [1.807, 2.05) is 0 Å². The molecule has 0 amide bonds. The molecule has 0 aromatic rings. The molecular formula is C4H6BrFO2. The summed E-state index contributed by atoms with van der Waals surface area (Å²) in [6.45, 7) is -0.796. The lowest BCUT2D eigenvalue weighted by atomic mass is 10.7. The van der Waals surface area contributed by atoms with Gasteiger partial charge in [-0.25, -0.2) is 9.18 Å². The lowest BCUT2D eigenvalue weighted by Gasteiger charge is -1.95. The Morgan fingerprint density at radius 2 is 2.38 bits per heavy atom. The van der Waals surface area contributed by atoms with Crippen molar-refractivity contribution in [1.82, 2.24) is 0 Å². The van der Waals surface area contributed by atoms with Gasteiger partial charge in [0.25, 0.3) is 0 Å². The molecule has 0 spiro atoms. The Morgan fingerprint density at radius 1 is 1.75 bits per heavy atom. The van der Waals surface area contributed by atoms with Gasteiger partial charge in [-0.3, -0.25) is 0 Å². The quantitative estimate of drug-likeness (QED) is 0.482. The molecule has 0 N–H and O–H groups in total. The number of rotatable bonds is 3. The number of carbonyl (C=O) groups is 1. The van der Waals surface area contributed by atoms with Crippen LogP contribution in [0.2, 0.25) is 0 Å². The summed E-state index contributed by atoms with van der Waals surface area (Å²) in [4.78, 5) is 9.95. The van der Waals surface area contributed by atoms with Crippen LogP contribution in [0.15, 0.2) is 0 Å². The van der Waals surface area contributed by atoms with Crippen molar-refractivity contribution < 1.29 is 13.9 Å². The monoisotopic (exact) mass is 184 g/mol. The Balaban J connectivity index is 2.99. The average molecular weight is 185 g/mol. The standard InChI is InChI=1S/C4H6BrFO2/c5-1-2-8-4(7)3-6/h1-3H2. The lowest BCUT2D eigenvalue weighted by molar-refractivity contribution is -0.143. The van der Waals surface area contributed by atoms with Crippen molar-refractivity contribution in [2.45, 2.75) is 0 Å². The second kappa shape index (κ2) is 5.03. The van der Waals surface area contributed by atoms with Crippen LogP contribution in [0, 0.1) is 0 Å². The van der Waals surface area contributed by atoms with Crippen LogP contribution in [0.3, 0.4) is 0 Å². The van der Waals surface area contributed by atoms with Crippen molar-refractivity contribution in [3.05, 3.63) is 0 Å². The highest BCUT2D eigenvalue weighted by molar-refractivity contribution is 9.09. The average Bonchev–Trinajstić information content (AvgIpc) is 1.83. The van der Waals surface area contributed by atoms with Crippen molar-refractivity contribution in [2.75, 3.05) is 18.6 Å². The molecular weight excluding hydrogens is 179 g/mol. The topological polar surface area (TPSA) is 26.3 Å². The van der Waals surface area contributed by atoms with Gasteiger partial charge in [0.05, 0.1) is 0 Å². The first-order valence-corrected chi connectivity index (χ1v) is 3.21. The van der Waals surface area contributed by atoms with Crippen LogP contribution in [0.5, 0.6) is 0 Å². The second-order valence-corrected chi connectivity index (χ2v) is 1.84. The number of ether oxygens (including phenoxy) is 1. The van der Waals surface area contributed by atoms with Crippen molar-refractivity contribution in [2.24, 2.45) is 0 Å². The summed E-state index contributed by atoms with van der Waals surface area (Å²) in [6.07, 6.45) is 0. The van der Waals surface area contributed by atoms with Gasteiger partial charge >= 0.3 is 5.97 Å². The minimum Gasteiger partial charge on any atom is -0.463 e. The highest BCUT2D eigenvalue weighted by atomic mass is 79.9. The third-order valence-electron chi connectivity index (χ3n) is 0.449. The van der Waals surface area contributed by atoms with Crippen LogP contribution in [0.1, 0.15) is 0 Å². The van der Waals surface area contributed by atoms with Crippen LogP contribution < -0.4 is 0 Å². The summed E-state index contributed by atoms with van der Waals surface area (Å²) >= 11 is 3.01. The number of alkyl halides is 2. The minimum absolute atomic E-state index is 0.239. The Hall–Kier alpha value is -0.120. The second-order valence-electron chi connectivity index (χ2n) is 1.04. The minimum atomic E-state index is -1.03. The summed E-state index contributed by atoms with van der Waals surface area (Å²) in [5, 5.41) is 0.554. The zero-order valence-corrected chi connectivity index (χ0v) is 5.78. The Kier molecular flexibility index (Phi) is 4.95. The molecule has 0 rings (SSSR count). The summed E-state index contributed by atoms with van der Waals surface area (Å²) in [6, 6.07) is 0. The molecule has 4 heteroatoms. The predicted molar refractivity (Wildman–Crippen MR) is 30.7 cm³/mol. The summed E-state index contributed by atoms with van der Waals surface area (Å²) in [7, 11) is 0. The normalized spacial score (nSPS) is 8.75. The summed E-state index contributed by atoms with van der Waals surface area (Å²) < 4.78 is 15.5. The van der Waals surface area contributed by atoms with Crippen molar-refractivity contribution in [3.63, 3.8) is 0 Å². The Bertz CT molecular complexity index is 76.4. The molecule has 0 saturated carbocycles. The molecule has 0 aromatic heterocycles. The molecule has 0 aliphatic rings. The van der Waals surface area contributed by atoms with Gasteiger partial charge in [-0.2, -0.15) is 0 Å². The first kappa shape index (κ1) is 7.88. The van der Waals surface area contributed by atoms with Crippen molar-refractivity contribution >= 4 is 21.9 Å². The fourth-order valence-corrected chi connectivity index (χ4v) is 0.353. The Morgan fingerprint density at radius 3 is 2.75 bits per heavy atom. The van der Waals surface area contributed by atoms with Crippen molar-refractivity contribution in [3.8, 4) is 0 Å². The molecule has 0 aliphatic carbocycles. The molecule has 8 heavy (non-hydrogen) atoms. The Labute approximate surface area is 55.1 Å². The summed E-state index contributed by atoms with van der Waals surface area (Å²) in [5.41, 5.74) is 0. The van der Waals surface area contributed by atoms with Crippen LogP contribution >= 0.6 is 15.9 Å². The van der Waals surface area contributed by atoms with Gasteiger partial charge in [0.2, 0.25) is 0 Å². The van der Waals surface area contributed by atoms with Crippen LogP contribution in [-0.2, 0) is 9.53 Å². The molecule has 48 valence electrons. The van der Waals surface area contributed by atoms with Crippen LogP contribution in [-0.4, -0.2) is 24.6 Å². The van der Waals surface area contributed by atoms with E-state index in [0.29, 0.717) is 5.33 Å².